The van der Waals surface area contributed by atoms with Crippen LogP contribution in [0.3, 0.4) is 0 Å². The quantitative estimate of drug-likeness (QED) is 0.651. The van der Waals surface area contributed by atoms with Crippen LogP contribution in [0.1, 0.15) is 12.1 Å². The molecule has 1 aliphatic rings. The predicted octanol–water partition coefficient (Wildman–Crippen LogP) is 0.775. The van der Waals surface area contributed by atoms with Gasteiger partial charge >= 0.3 is 5.82 Å². The van der Waals surface area contributed by atoms with Gasteiger partial charge in [0, 0.05) is 31.7 Å². The monoisotopic (exact) mass is 261 g/mol. The topological polar surface area (TPSA) is 89.7 Å². The third-order valence-electron chi connectivity index (χ3n) is 3.43. The summed E-state index contributed by atoms with van der Waals surface area (Å²) in [6.45, 7) is 2.11. The maximum atomic E-state index is 11.2. The van der Waals surface area contributed by atoms with Gasteiger partial charge in [-0.25, -0.2) is 4.98 Å². The summed E-state index contributed by atoms with van der Waals surface area (Å²) in [5, 5.41) is 11.2. The van der Waals surface area contributed by atoms with E-state index in [4.69, 9.17) is 5.73 Å². The summed E-state index contributed by atoms with van der Waals surface area (Å²) in [7, 11) is 0. The molecular weight excluding hydrogens is 246 g/mol. The molecule has 0 bridgehead atoms. The van der Waals surface area contributed by atoms with Crippen LogP contribution in [0, 0.1) is 10.1 Å². The Morgan fingerprint density at radius 1 is 1.53 bits per heavy atom. The molecule has 7 heteroatoms. The number of nitrogens with zero attached hydrogens (tertiary/aromatic N) is 4. The smallest absolute Gasteiger partial charge is 0.352 e. The average molecular weight is 261 g/mol. The molecule has 19 heavy (non-hydrogen) atoms. The van der Waals surface area contributed by atoms with Crippen molar-refractivity contribution >= 4 is 11.5 Å². The van der Waals surface area contributed by atoms with Crippen LogP contribution in [0.4, 0.5) is 5.82 Å². The Morgan fingerprint density at radius 2 is 2.37 bits per heavy atom. The lowest BCUT2D eigenvalue weighted by atomic mass is 10.3. The summed E-state index contributed by atoms with van der Waals surface area (Å²) < 4.78 is 1.52. The van der Waals surface area contributed by atoms with Crippen molar-refractivity contribution in [3.63, 3.8) is 0 Å². The number of rotatable bonds is 3. The third kappa shape index (κ3) is 2.18. The Hall–Kier alpha value is -1.99. The Labute approximate surface area is 109 Å². The molecule has 0 unspecified atom stereocenters. The molecule has 0 amide bonds. The summed E-state index contributed by atoms with van der Waals surface area (Å²) in [4.78, 5) is 17.3. The SMILES string of the molecule is N[C@H]1CCN(Cc2nc3ccccn3c2[N+](=O)[O-])C1. The number of fused-ring (bicyclic) bond motifs is 1. The minimum Gasteiger partial charge on any atom is -0.358 e. The van der Waals surface area contributed by atoms with Crippen molar-refractivity contribution in [2.24, 2.45) is 5.73 Å². The van der Waals surface area contributed by atoms with Gasteiger partial charge in [-0.3, -0.25) is 4.90 Å². The highest BCUT2D eigenvalue weighted by Gasteiger charge is 2.26. The summed E-state index contributed by atoms with van der Waals surface area (Å²) in [5.74, 6) is 0.0519. The van der Waals surface area contributed by atoms with Gasteiger partial charge < -0.3 is 15.8 Å². The van der Waals surface area contributed by atoms with Crippen molar-refractivity contribution in [3.05, 3.63) is 40.2 Å². The Bertz CT molecular complexity index is 624. The summed E-state index contributed by atoms with van der Waals surface area (Å²) in [6.07, 6.45) is 2.60. The van der Waals surface area contributed by atoms with E-state index in [1.54, 1.807) is 18.3 Å². The van der Waals surface area contributed by atoms with E-state index >= 15 is 0 Å². The molecule has 2 aromatic heterocycles. The second-order valence-electron chi connectivity index (χ2n) is 4.85. The maximum Gasteiger partial charge on any atom is 0.352 e. The van der Waals surface area contributed by atoms with Crippen LogP contribution in [-0.2, 0) is 6.54 Å². The van der Waals surface area contributed by atoms with Crippen molar-refractivity contribution in [2.75, 3.05) is 13.1 Å². The second-order valence-corrected chi connectivity index (χ2v) is 4.85. The van der Waals surface area contributed by atoms with Crippen molar-refractivity contribution in [3.8, 4) is 0 Å². The molecule has 1 saturated heterocycles. The number of pyridine rings is 1. The van der Waals surface area contributed by atoms with Crippen LogP contribution in [0.5, 0.6) is 0 Å². The lowest BCUT2D eigenvalue weighted by molar-refractivity contribution is -0.391. The number of imidazole rings is 1. The van der Waals surface area contributed by atoms with Crippen LogP contribution >= 0.6 is 0 Å². The fourth-order valence-corrected chi connectivity index (χ4v) is 2.55. The second kappa shape index (κ2) is 4.60. The predicted molar refractivity (Wildman–Crippen MR) is 69.7 cm³/mol. The molecule has 1 aliphatic heterocycles. The Balaban J connectivity index is 1.98. The standard InChI is InChI=1S/C12H15N5O2/c13-9-4-6-15(7-9)8-10-12(17(18)19)16-5-2-1-3-11(16)14-10/h1-3,5,9H,4,6-8,13H2/t9-/m0/s1. The lowest BCUT2D eigenvalue weighted by Crippen LogP contribution is -2.26. The van der Waals surface area contributed by atoms with Gasteiger partial charge in [0.05, 0.1) is 6.20 Å². The Morgan fingerprint density at radius 3 is 3.05 bits per heavy atom. The largest absolute Gasteiger partial charge is 0.358 e. The fraction of sp³-hybridized carbons (Fsp3) is 0.417. The zero-order valence-corrected chi connectivity index (χ0v) is 10.4. The molecule has 3 rings (SSSR count). The summed E-state index contributed by atoms with van der Waals surface area (Å²) in [6, 6.07) is 5.52. The van der Waals surface area contributed by atoms with E-state index in [0.29, 0.717) is 17.9 Å². The highest BCUT2D eigenvalue weighted by molar-refractivity contribution is 5.48. The number of nitro groups is 1. The molecule has 0 radical (unpaired) electrons. The van der Waals surface area contributed by atoms with Crippen LogP contribution in [0.2, 0.25) is 0 Å². The highest BCUT2D eigenvalue weighted by Crippen LogP contribution is 2.23. The molecule has 0 aromatic carbocycles. The van der Waals surface area contributed by atoms with Crippen molar-refractivity contribution in [1.82, 2.24) is 14.3 Å². The minimum atomic E-state index is -0.370. The molecule has 3 heterocycles. The van der Waals surface area contributed by atoms with Crippen LogP contribution < -0.4 is 5.73 Å². The zero-order valence-electron chi connectivity index (χ0n) is 10.4. The number of likely N-dealkylation sites (tertiary alicyclic amines) is 1. The van der Waals surface area contributed by atoms with Gasteiger partial charge in [-0.1, -0.05) is 6.07 Å². The van der Waals surface area contributed by atoms with E-state index in [0.717, 1.165) is 19.5 Å². The molecule has 0 spiro atoms. The number of aromatic nitrogens is 2. The van der Waals surface area contributed by atoms with E-state index in [1.807, 2.05) is 6.07 Å². The molecule has 1 atom stereocenters. The van der Waals surface area contributed by atoms with E-state index < -0.39 is 0 Å². The van der Waals surface area contributed by atoms with Crippen molar-refractivity contribution in [1.29, 1.82) is 0 Å². The van der Waals surface area contributed by atoms with Gasteiger partial charge in [0.25, 0.3) is 0 Å². The number of hydrogen-bond acceptors (Lipinski definition) is 5. The minimum absolute atomic E-state index is 0.0519. The molecule has 0 saturated carbocycles. The number of nitrogens with two attached hydrogens (primary N) is 1. The molecule has 7 nitrogen and oxygen atoms in total. The first-order valence-corrected chi connectivity index (χ1v) is 6.23. The molecule has 100 valence electrons. The van der Waals surface area contributed by atoms with E-state index in [9.17, 15) is 10.1 Å². The maximum absolute atomic E-state index is 11.2. The van der Waals surface area contributed by atoms with E-state index in [1.165, 1.54) is 4.40 Å². The first-order chi connectivity index (χ1) is 9.15. The summed E-state index contributed by atoms with van der Waals surface area (Å²) >= 11 is 0. The van der Waals surface area contributed by atoms with Crippen LogP contribution in [0.15, 0.2) is 24.4 Å². The van der Waals surface area contributed by atoms with E-state index in [2.05, 4.69) is 9.88 Å². The Kier molecular flexibility index (Phi) is 2.92. The van der Waals surface area contributed by atoms with Crippen molar-refractivity contribution in [2.45, 2.75) is 19.0 Å². The van der Waals surface area contributed by atoms with Gasteiger partial charge in [0.15, 0.2) is 5.69 Å². The normalized spacial score (nSPS) is 20.2. The molecule has 0 aliphatic carbocycles. The third-order valence-corrected chi connectivity index (χ3v) is 3.43. The number of hydrogen-bond donors (Lipinski definition) is 1. The molecule has 2 aromatic rings. The molecular formula is C12H15N5O2. The lowest BCUT2D eigenvalue weighted by Gasteiger charge is -2.12. The fourth-order valence-electron chi connectivity index (χ4n) is 2.55. The van der Waals surface area contributed by atoms with Gasteiger partial charge in [-0.15, -0.1) is 0 Å². The van der Waals surface area contributed by atoms with Crippen LogP contribution in [0.25, 0.3) is 5.65 Å². The zero-order chi connectivity index (χ0) is 13.4. The van der Waals surface area contributed by atoms with Gasteiger partial charge in [0.2, 0.25) is 5.65 Å². The first-order valence-electron chi connectivity index (χ1n) is 6.23. The van der Waals surface area contributed by atoms with Gasteiger partial charge in [-0.05, 0) is 17.4 Å². The highest BCUT2D eigenvalue weighted by atomic mass is 16.6. The van der Waals surface area contributed by atoms with Crippen molar-refractivity contribution < 1.29 is 4.92 Å². The van der Waals surface area contributed by atoms with Gasteiger partial charge in [-0.2, -0.15) is 4.40 Å². The average Bonchev–Trinajstić information content (AvgIpc) is 2.92. The van der Waals surface area contributed by atoms with Gasteiger partial charge in [0.1, 0.15) is 0 Å². The molecule has 1 fully saturated rings. The van der Waals surface area contributed by atoms with Crippen LogP contribution in [-0.4, -0.2) is 38.3 Å². The first kappa shape index (κ1) is 12.1. The summed E-state index contributed by atoms with van der Waals surface area (Å²) in [5.41, 5.74) is 6.96. The molecule has 2 N–H and O–H groups in total. The van der Waals surface area contributed by atoms with E-state index in [-0.39, 0.29) is 16.8 Å².